The molecule has 12 aliphatic rings. The van der Waals surface area contributed by atoms with E-state index in [-0.39, 0.29) is 35.7 Å². The Morgan fingerprint density at radius 3 is 1.12 bits per heavy atom. The van der Waals surface area contributed by atoms with E-state index < -0.39 is 0 Å². The van der Waals surface area contributed by atoms with Gasteiger partial charge >= 0.3 is 17.9 Å². The first-order valence-corrected chi connectivity index (χ1v) is 21.1. The highest BCUT2D eigenvalue weighted by atomic mass is 16.5. The Morgan fingerprint density at radius 2 is 0.725 bits per heavy atom. The van der Waals surface area contributed by atoms with Crippen molar-refractivity contribution >= 4 is 17.9 Å². The number of carbonyl (C=O) groups is 3. The maximum Gasteiger partial charge on any atom is 0.308 e. The number of ether oxygens (including phenoxy) is 4. The fraction of sp³-hybridized carbons (Fsp3) is 0.886. The summed E-state index contributed by atoms with van der Waals surface area (Å²) in [5.41, 5.74) is 0. The van der Waals surface area contributed by atoms with E-state index in [1.165, 1.54) is 71.3 Å². The fourth-order valence-corrected chi connectivity index (χ4v) is 17.4. The van der Waals surface area contributed by atoms with Crippen LogP contribution in [0.15, 0.2) is 12.2 Å². The van der Waals surface area contributed by atoms with E-state index in [0.717, 1.165) is 108 Å². The summed E-state index contributed by atoms with van der Waals surface area (Å²) in [6, 6.07) is 0. The minimum absolute atomic E-state index is 0.0534. The summed E-state index contributed by atoms with van der Waals surface area (Å²) in [7, 11) is 7.88. The van der Waals surface area contributed by atoms with Gasteiger partial charge in [0.05, 0.1) is 39.1 Å². The molecule has 0 aromatic carbocycles. The molecule has 0 aliphatic heterocycles. The number of carbonyl (C=O) groups excluding carboxylic acids is 3. The second-order valence-electron chi connectivity index (χ2n) is 19.6. The lowest BCUT2D eigenvalue weighted by molar-refractivity contribution is -0.149. The van der Waals surface area contributed by atoms with Crippen LogP contribution in [0.1, 0.15) is 83.5 Å². The van der Waals surface area contributed by atoms with Crippen molar-refractivity contribution < 1.29 is 33.3 Å². The Balaban J connectivity index is 0.0000000985. The average Bonchev–Trinajstić information content (AvgIpc) is 4.01. The van der Waals surface area contributed by atoms with E-state index in [4.69, 9.17) is 14.2 Å². The minimum Gasteiger partial charge on any atom is -0.469 e. The van der Waals surface area contributed by atoms with E-state index in [0.29, 0.717) is 17.8 Å². The topological polar surface area (TPSA) is 88.1 Å². The van der Waals surface area contributed by atoms with Gasteiger partial charge in [0, 0.05) is 14.2 Å². The number of esters is 3. The molecule has 12 aliphatic carbocycles. The van der Waals surface area contributed by atoms with E-state index in [1.807, 2.05) is 0 Å². The highest BCUT2D eigenvalue weighted by molar-refractivity contribution is 5.74. The molecule has 51 heavy (non-hydrogen) atoms. The summed E-state index contributed by atoms with van der Waals surface area (Å²) >= 11 is 0. The molecule has 0 saturated heterocycles. The van der Waals surface area contributed by atoms with Crippen LogP contribution in [0, 0.1) is 124 Å². The van der Waals surface area contributed by atoms with Gasteiger partial charge in [-0.25, -0.2) is 0 Å². The SMILES string of the molecule is COC.COC(=O)C1CC2CC1C1C3C=CC(C3)C21.COC(=O)C1CC2CC1C1C3CCC(C3)C21.COC(=O)C1CC2CC1C1C3CCC(C3)C21. The summed E-state index contributed by atoms with van der Waals surface area (Å²) in [6.45, 7) is 0. The molecular formula is C44H64O7. The Bertz CT molecular complexity index is 1320. The molecule has 12 rings (SSSR count). The van der Waals surface area contributed by atoms with Crippen molar-refractivity contribution in [3.63, 3.8) is 0 Å². The van der Waals surface area contributed by atoms with Gasteiger partial charge < -0.3 is 18.9 Å². The van der Waals surface area contributed by atoms with Crippen molar-refractivity contribution in [2.75, 3.05) is 35.5 Å². The highest BCUT2D eigenvalue weighted by Crippen LogP contribution is 2.70. The van der Waals surface area contributed by atoms with Crippen molar-refractivity contribution in [2.45, 2.75) is 83.5 Å². The molecule has 7 nitrogen and oxygen atoms in total. The van der Waals surface area contributed by atoms with Crippen LogP contribution in [0.2, 0.25) is 0 Å². The molecule has 0 aromatic heterocycles. The first-order valence-electron chi connectivity index (χ1n) is 21.1. The number of rotatable bonds is 3. The highest BCUT2D eigenvalue weighted by Gasteiger charge is 2.65. The maximum atomic E-state index is 11.8. The molecule has 21 atom stereocenters. The Morgan fingerprint density at radius 1 is 0.392 bits per heavy atom. The lowest BCUT2D eigenvalue weighted by Gasteiger charge is -2.37. The summed E-state index contributed by atoms with van der Waals surface area (Å²) in [5.74, 6) is 16.7. The fourth-order valence-electron chi connectivity index (χ4n) is 17.4. The number of allylic oxidation sites excluding steroid dienone is 2. The zero-order valence-corrected chi connectivity index (χ0v) is 31.8. The molecular weight excluding hydrogens is 640 g/mol. The molecule has 0 spiro atoms. The molecule has 12 bridgehead atoms. The molecule has 282 valence electrons. The molecule has 21 unspecified atom stereocenters. The third-order valence-electron chi connectivity index (χ3n) is 18.2. The Kier molecular flexibility index (Phi) is 9.19. The standard InChI is InChI=1S/2C14H20O2.C14H18O2.C2H6O/c3*1-16-14(15)11-6-9-5-10(11)13-8-3-2-7(4-8)12(9)13;1-3-2/h2*7-13H,2-6H2,1H3;2-3,7-13H,4-6H2,1H3;1-2H3. The van der Waals surface area contributed by atoms with Crippen molar-refractivity contribution in [1.82, 2.24) is 0 Å². The Labute approximate surface area is 306 Å². The van der Waals surface area contributed by atoms with Crippen molar-refractivity contribution in [1.29, 1.82) is 0 Å². The van der Waals surface area contributed by atoms with Crippen LogP contribution >= 0.6 is 0 Å². The number of hydrogen-bond acceptors (Lipinski definition) is 7. The molecule has 0 radical (unpaired) electrons. The summed E-state index contributed by atoms with van der Waals surface area (Å²) in [4.78, 5) is 35.3. The molecule has 0 N–H and O–H groups in total. The second kappa shape index (κ2) is 13.4. The van der Waals surface area contributed by atoms with Gasteiger partial charge in [-0.15, -0.1) is 0 Å². The number of hydrogen-bond donors (Lipinski definition) is 0. The third kappa shape index (κ3) is 5.29. The predicted molar refractivity (Wildman–Crippen MR) is 191 cm³/mol. The maximum absolute atomic E-state index is 11.8. The van der Waals surface area contributed by atoms with Gasteiger partial charge in [-0.05, 0) is 190 Å². The monoisotopic (exact) mass is 704 g/mol. The minimum atomic E-state index is 0.0534. The van der Waals surface area contributed by atoms with Crippen LogP contribution in [0.4, 0.5) is 0 Å². The lowest BCUT2D eigenvalue weighted by Crippen LogP contribution is -2.36. The number of fused-ring (bicyclic) bond motifs is 27. The molecule has 11 fully saturated rings. The summed E-state index contributed by atoms with van der Waals surface area (Å²) < 4.78 is 19.2. The van der Waals surface area contributed by atoms with Crippen molar-refractivity contribution in [2.24, 2.45) is 124 Å². The lowest BCUT2D eigenvalue weighted by atomic mass is 9.67. The molecule has 0 heterocycles. The number of methoxy groups -OCH3 is 4. The molecule has 7 heteroatoms. The van der Waals surface area contributed by atoms with Gasteiger partial charge in [-0.1, -0.05) is 12.2 Å². The Hall–Kier alpha value is -1.89. The normalized spacial score (nSPS) is 53.4. The summed E-state index contributed by atoms with van der Waals surface area (Å²) in [6.07, 6.45) is 22.4. The van der Waals surface area contributed by atoms with Crippen LogP contribution in [0.3, 0.4) is 0 Å². The molecule has 0 aromatic rings. The molecule has 11 saturated carbocycles. The van der Waals surface area contributed by atoms with Gasteiger partial charge in [0.25, 0.3) is 0 Å². The van der Waals surface area contributed by atoms with E-state index in [9.17, 15) is 14.4 Å². The van der Waals surface area contributed by atoms with E-state index >= 15 is 0 Å². The van der Waals surface area contributed by atoms with Crippen LogP contribution in [0.5, 0.6) is 0 Å². The van der Waals surface area contributed by atoms with Crippen LogP contribution in [-0.4, -0.2) is 53.5 Å². The van der Waals surface area contributed by atoms with Gasteiger partial charge in [-0.2, -0.15) is 0 Å². The van der Waals surface area contributed by atoms with E-state index in [2.05, 4.69) is 16.9 Å². The second-order valence-corrected chi connectivity index (χ2v) is 19.6. The van der Waals surface area contributed by atoms with Crippen molar-refractivity contribution in [3.05, 3.63) is 12.2 Å². The first-order chi connectivity index (χ1) is 24.8. The zero-order valence-electron chi connectivity index (χ0n) is 31.8. The smallest absolute Gasteiger partial charge is 0.308 e. The quantitative estimate of drug-likeness (QED) is 0.130. The first kappa shape index (κ1) is 34.9. The predicted octanol–water partition coefficient (Wildman–Crippen LogP) is 7.47. The van der Waals surface area contributed by atoms with Crippen LogP contribution in [0.25, 0.3) is 0 Å². The molecule has 0 amide bonds. The van der Waals surface area contributed by atoms with Gasteiger partial charge in [-0.3, -0.25) is 14.4 Å². The third-order valence-corrected chi connectivity index (χ3v) is 18.2. The zero-order chi connectivity index (χ0) is 35.3. The average molecular weight is 705 g/mol. The van der Waals surface area contributed by atoms with Gasteiger partial charge in [0.2, 0.25) is 0 Å². The van der Waals surface area contributed by atoms with Gasteiger partial charge in [0.1, 0.15) is 0 Å². The largest absolute Gasteiger partial charge is 0.469 e. The van der Waals surface area contributed by atoms with Crippen LogP contribution < -0.4 is 0 Å². The van der Waals surface area contributed by atoms with Crippen molar-refractivity contribution in [3.8, 4) is 0 Å². The summed E-state index contributed by atoms with van der Waals surface area (Å²) in [5, 5.41) is 0. The van der Waals surface area contributed by atoms with E-state index in [1.54, 1.807) is 28.4 Å². The van der Waals surface area contributed by atoms with Gasteiger partial charge in [0.15, 0.2) is 0 Å². The van der Waals surface area contributed by atoms with Crippen LogP contribution in [-0.2, 0) is 33.3 Å².